The van der Waals surface area contributed by atoms with E-state index in [9.17, 15) is 14.4 Å². The summed E-state index contributed by atoms with van der Waals surface area (Å²) in [4.78, 5) is 42.0. The molecule has 0 saturated carbocycles. The third-order valence-electron chi connectivity index (χ3n) is 4.35. The number of halogens is 1. The molecular formula is C19H21IN2O6. The Kier molecular flexibility index (Phi) is 7.17. The van der Waals surface area contributed by atoms with Gasteiger partial charge in [-0.25, -0.2) is 9.79 Å². The molecule has 1 aromatic heterocycles. The number of H-pyrrole nitrogens is 1. The molecule has 0 aliphatic carbocycles. The van der Waals surface area contributed by atoms with Gasteiger partial charge in [0.15, 0.2) is 0 Å². The largest absolute Gasteiger partial charge is 1.00 e. The molecule has 0 radical (unpaired) electrons. The fraction of sp³-hybridized carbons (Fsp3) is 0.368. The highest BCUT2D eigenvalue weighted by molar-refractivity contribution is 6.07. The lowest BCUT2D eigenvalue weighted by Crippen LogP contribution is -3.00. The molecule has 0 saturated heterocycles. The Morgan fingerprint density at radius 1 is 1.11 bits per heavy atom. The van der Waals surface area contributed by atoms with E-state index >= 15 is 0 Å². The first-order valence-corrected chi connectivity index (χ1v) is 8.55. The molecule has 2 aromatic rings. The highest BCUT2D eigenvalue weighted by Gasteiger charge is 2.44. The first kappa shape index (κ1) is 21.9. The number of rotatable bonds is 5. The maximum Gasteiger partial charge on any atom is 0.351 e. The molecule has 28 heavy (non-hydrogen) atoms. The number of carbonyl (C=O) groups is 3. The number of hydrogen-bond acceptors (Lipinski definition) is 6. The van der Waals surface area contributed by atoms with Gasteiger partial charge in [0, 0.05) is 31.2 Å². The lowest BCUT2D eigenvalue weighted by atomic mass is 9.97. The van der Waals surface area contributed by atoms with Gasteiger partial charge in [-0.1, -0.05) is 18.2 Å². The summed E-state index contributed by atoms with van der Waals surface area (Å²) in [5.41, 5.74) is 3.16. The van der Waals surface area contributed by atoms with Gasteiger partial charge >= 0.3 is 17.9 Å². The van der Waals surface area contributed by atoms with Crippen molar-refractivity contribution >= 4 is 34.5 Å². The molecule has 150 valence electrons. The average Bonchev–Trinajstić information content (AvgIpc) is 3.02. The van der Waals surface area contributed by atoms with Gasteiger partial charge < -0.3 is 43.2 Å². The summed E-state index contributed by atoms with van der Waals surface area (Å²) < 4.78 is 15.3. The molecule has 1 aliphatic rings. The van der Waals surface area contributed by atoms with Crippen LogP contribution in [0.4, 0.5) is 0 Å². The van der Waals surface area contributed by atoms with Crippen molar-refractivity contribution in [1.29, 1.82) is 0 Å². The molecule has 8 nitrogen and oxygen atoms in total. The number of aromatic nitrogens is 1. The van der Waals surface area contributed by atoms with Crippen LogP contribution in [0.2, 0.25) is 0 Å². The molecule has 0 unspecified atom stereocenters. The van der Waals surface area contributed by atoms with Crippen LogP contribution in [0, 0.1) is 0 Å². The Bertz CT molecular complexity index is 936. The predicted molar refractivity (Wildman–Crippen MR) is 95.1 cm³/mol. The Hall–Kier alpha value is -2.43. The lowest BCUT2D eigenvalue weighted by molar-refractivity contribution is -0.461. The maximum atomic E-state index is 12.3. The number of carbonyl (C=O) groups excluding carboxylic acids is 3. The van der Waals surface area contributed by atoms with Crippen LogP contribution in [0.25, 0.3) is 10.9 Å². The number of methoxy groups -OCH3 is 1. The predicted octanol–water partition coefficient (Wildman–Crippen LogP) is -3.37. The van der Waals surface area contributed by atoms with Crippen molar-refractivity contribution in [3.8, 4) is 0 Å². The molecule has 0 spiro atoms. The molecule has 9 heteroatoms. The van der Waals surface area contributed by atoms with Gasteiger partial charge in [-0.15, -0.1) is 0 Å². The number of ether oxygens (including phenoxy) is 3. The summed E-state index contributed by atoms with van der Waals surface area (Å²) in [6, 6.07) is 7.79. The second kappa shape index (κ2) is 9.18. The molecular weight excluding hydrogens is 479 g/mol. The summed E-state index contributed by atoms with van der Waals surface area (Å²) in [6.07, 6.45) is -1.83. The number of aromatic amines is 1. The fourth-order valence-corrected chi connectivity index (χ4v) is 3.32. The fourth-order valence-electron chi connectivity index (χ4n) is 3.32. The van der Waals surface area contributed by atoms with E-state index in [0.29, 0.717) is 12.3 Å². The third kappa shape index (κ3) is 4.34. The van der Waals surface area contributed by atoms with E-state index in [1.54, 1.807) is 0 Å². The van der Waals surface area contributed by atoms with E-state index in [1.165, 1.54) is 21.0 Å². The monoisotopic (exact) mass is 500 g/mol. The summed E-state index contributed by atoms with van der Waals surface area (Å²) >= 11 is 0. The van der Waals surface area contributed by atoms with Crippen LogP contribution >= 0.6 is 0 Å². The van der Waals surface area contributed by atoms with Crippen molar-refractivity contribution in [3.05, 3.63) is 35.5 Å². The minimum absolute atomic E-state index is 0. The average molecular weight is 500 g/mol. The molecule has 3 rings (SSSR count). The van der Waals surface area contributed by atoms with Crippen LogP contribution in [-0.4, -0.2) is 54.5 Å². The van der Waals surface area contributed by atoms with Crippen molar-refractivity contribution in [3.63, 3.8) is 0 Å². The van der Waals surface area contributed by atoms with Gasteiger partial charge in [0.25, 0.3) is 0 Å². The van der Waals surface area contributed by atoms with Crippen LogP contribution < -0.4 is 29.0 Å². The molecule has 1 aliphatic heterocycles. The van der Waals surface area contributed by atoms with E-state index in [2.05, 4.69) is 9.98 Å². The Morgan fingerprint density at radius 3 is 2.43 bits per heavy atom. The van der Waals surface area contributed by atoms with E-state index in [0.717, 1.165) is 28.6 Å². The number of benzene rings is 1. The van der Waals surface area contributed by atoms with Gasteiger partial charge in [-0.3, -0.25) is 9.59 Å². The van der Waals surface area contributed by atoms with Crippen LogP contribution in [0.15, 0.2) is 24.3 Å². The van der Waals surface area contributed by atoms with E-state index in [1.807, 2.05) is 24.3 Å². The molecule has 2 atom stereocenters. The summed E-state index contributed by atoms with van der Waals surface area (Å²) in [7, 11) is 1.18. The molecule has 1 aromatic carbocycles. The number of nitrogens with one attached hydrogen (secondary N) is 2. The Labute approximate surface area is 178 Å². The topological polar surface area (TPSA) is 109 Å². The van der Waals surface area contributed by atoms with Crippen LogP contribution in [-0.2, 0) is 35.0 Å². The zero-order valence-corrected chi connectivity index (χ0v) is 17.9. The van der Waals surface area contributed by atoms with Gasteiger partial charge in [-0.2, -0.15) is 0 Å². The minimum Gasteiger partial charge on any atom is -1.00 e. The van der Waals surface area contributed by atoms with Crippen molar-refractivity contribution in [2.24, 2.45) is 0 Å². The zero-order chi connectivity index (χ0) is 19.6. The van der Waals surface area contributed by atoms with Gasteiger partial charge in [0.1, 0.15) is 12.2 Å². The van der Waals surface area contributed by atoms with Gasteiger partial charge in [0.05, 0.1) is 7.11 Å². The minimum atomic E-state index is -1.42. The van der Waals surface area contributed by atoms with Gasteiger partial charge in [0.2, 0.25) is 17.9 Å². The first-order valence-electron chi connectivity index (χ1n) is 8.55. The Morgan fingerprint density at radius 2 is 1.79 bits per heavy atom. The standard InChI is InChI=1S/C19H20N2O6.HI/c1-10(22)26-17(18(19(24)25-3)27-11(2)23)16-15-13(8-9-20-16)12-6-4-5-7-14(12)21-15;/h4-7,17-18,21H,8-9H2,1-3H3;1H/t17-,18+;/m0./s1. The number of esters is 3. The molecule has 2 heterocycles. The SMILES string of the molecule is COC(=O)[C@H](OC(C)=O)[C@@H](OC(C)=O)C1=[NH+]CCc2c1[nH]c1ccccc21.[I-]. The highest BCUT2D eigenvalue weighted by atomic mass is 127. The lowest BCUT2D eigenvalue weighted by Gasteiger charge is -2.24. The van der Waals surface area contributed by atoms with Crippen LogP contribution in [0.3, 0.4) is 0 Å². The maximum absolute atomic E-state index is 12.3. The molecule has 2 N–H and O–H groups in total. The summed E-state index contributed by atoms with van der Waals surface area (Å²) in [5.74, 6) is -2.11. The van der Waals surface area contributed by atoms with E-state index < -0.39 is 30.1 Å². The number of fused-ring (bicyclic) bond motifs is 3. The van der Waals surface area contributed by atoms with Crippen LogP contribution in [0.5, 0.6) is 0 Å². The third-order valence-corrected chi connectivity index (χ3v) is 4.35. The number of hydrogen-bond donors (Lipinski definition) is 2. The van der Waals surface area contributed by atoms with Crippen molar-refractivity contribution < 1.29 is 57.6 Å². The van der Waals surface area contributed by atoms with Crippen molar-refractivity contribution in [1.82, 2.24) is 4.98 Å². The Balaban J connectivity index is 0.00000280. The van der Waals surface area contributed by atoms with Crippen molar-refractivity contribution in [2.45, 2.75) is 32.5 Å². The van der Waals surface area contributed by atoms with E-state index in [4.69, 9.17) is 14.2 Å². The molecule has 0 fully saturated rings. The molecule has 0 bridgehead atoms. The smallest absolute Gasteiger partial charge is 0.351 e. The van der Waals surface area contributed by atoms with Crippen LogP contribution in [0.1, 0.15) is 25.1 Å². The quantitative estimate of drug-likeness (QED) is 0.252. The summed E-state index contributed by atoms with van der Waals surface area (Å²) in [6.45, 7) is 2.98. The van der Waals surface area contributed by atoms with E-state index in [-0.39, 0.29) is 24.0 Å². The van der Waals surface area contributed by atoms with Gasteiger partial charge in [-0.05, 0) is 11.6 Å². The highest BCUT2D eigenvalue weighted by Crippen LogP contribution is 2.25. The first-order chi connectivity index (χ1) is 12.9. The molecule has 0 amide bonds. The second-order valence-corrected chi connectivity index (χ2v) is 6.20. The second-order valence-electron chi connectivity index (χ2n) is 6.20. The normalized spacial score (nSPS) is 14.8. The summed E-state index contributed by atoms with van der Waals surface area (Å²) in [5, 5.41) is 1.05. The number of para-hydroxylation sites is 1. The van der Waals surface area contributed by atoms with Crippen molar-refractivity contribution in [2.75, 3.05) is 13.7 Å². The zero-order valence-electron chi connectivity index (χ0n) is 15.7.